The van der Waals surface area contributed by atoms with E-state index in [1.807, 2.05) is 6.07 Å². The van der Waals surface area contributed by atoms with Crippen LogP contribution in [-0.4, -0.2) is 19.1 Å². The van der Waals surface area contributed by atoms with Gasteiger partial charge in [0.25, 0.3) is 0 Å². The molecule has 0 aliphatic carbocycles. The third-order valence-corrected chi connectivity index (χ3v) is 2.34. The van der Waals surface area contributed by atoms with E-state index in [0.29, 0.717) is 24.3 Å². The lowest BCUT2D eigenvalue weighted by molar-refractivity contribution is -0.116. The summed E-state index contributed by atoms with van der Waals surface area (Å²) in [6.45, 7) is 3.42. The molecule has 0 aliphatic rings. The van der Waals surface area contributed by atoms with Crippen LogP contribution in [0.4, 0.5) is 5.69 Å². The normalized spacial score (nSPS) is 9.78. The maximum atomic E-state index is 11.6. The van der Waals surface area contributed by atoms with Gasteiger partial charge in [-0.25, -0.2) is 0 Å². The van der Waals surface area contributed by atoms with Gasteiger partial charge in [0, 0.05) is 25.3 Å². The lowest BCUT2D eigenvalue weighted by Crippen LogP contribution is -2.12. The molecule has 0 aromatic heterocycles. The minimum atomic E-state index is -0.0280. The van der Waals surface area contributed by atoms with E-state index < -0.39 is 0 Å². The molecule has 0 unspecified atom stereocenters. The fraction of sp³-hybridized carbons (Fsp3) is 0.429. The van der Waals surface area contributed by atoms with Crippen LogP contribution >= 0.6 is 0 Å². The number of ether oxygens (including phenoxy) is 1. The molecule has 0 spiro atoms. The molecule has 1 aromatic carbocycles. The van der Waals surface area contributed by atoms with Gasteiger partial charge in [0.15, 0.2) is 0 Å². The Hall–Kier alpha value is -1.86. The summed E-state index contributed by atoms with van der Waals surface area (Å²) in [5.74, 6) is -0.0280. The Balaban J connectivity index is 2.25. The zero-order chi connectivity index (χ0) is 13.2. The molecule has 4 nitrogen and oxygen atoms in total. The third-order valence-electron chi connectivity index (χ3n) is 2.34. The first-order valence-corrected chi connectivity index (χ1v) is 6.14. The van der Waals surface area contributed by atoms with Gasteiger partial charge in [-0.2, -0.15) is 5.26 Å². The van der Waals surface area contributed by atoms with Gasteiger partial charge in [0.05, 0.1) is 11.6 Å². The number of carbonyl (C=O) groups is 1. The average Bonchev–Trinajstić information content (AvgIpc) is 2.39. The van der Waals surface area contributed by atoms with E-state index in [-0.39, 0.29) is 5.91 Å². The van der Waals surface area contributed by atoms with Crippen LogP contribution in [0.25, 0.3) is 0 Å². The molecule has 0 bridgehead atoms. The van der Waals surface area contributed by atoms with Crippen molar-refractivity contribution in [3.63, 3.8) is 0 Å². The fourth-order valence-corrected chi connectivity index (χ4v) is 1.43. The zero-order valence-electron chi connectivity index (χ0n) is 10.6. The largest absolute Gasteiger partial charge is 0.381 e. The van der Waals surface area contributed by atoms with Crippen LogP contribution in [0, 0.1) is 11.3 Å². The summed E-state index contributed by atoms with van der Waals surface area (Å²) in [5.41, 5.74) is 1.30. The lowest BCUT2D eigenvalue weighted by atomic mass is 10.2. The molecule has 0 fully saturated rings. The summed E-state index contributed by atoms with van der Waals surface area (Å²) in [4.78, 5) is 11.6. The van der Waals surface area contributed by atoms with Gasteiger partial charge < -0.3 is 10.1 Å². The molecule has 18 heavy (non-hydrogen) atoms. The van der Waals surface area contributed by atoms with E-state index in [4.69, 9.17) is 10.00 Å². The molecular formula is C14H18N2O2. The highest BCUT2D eigenvalue weighted by Crippen LogP contribution is 2.09. The molecule has 1 N–H and O–H groups in total. The van der Waals surface area contributed by atoms with E-state index in [2.05, 4.69) is 12.2 Å². The molecule has 0 heterocycles. The highest BCUT2D eigenvalue weighted by atomic mass is 16.5. The van der Waals surface area contributed by atoms with Crippen molar-refractivity contribution < 1.29 is 9.53 Å². The van der Waals surface area contributed by atoms with Gasteiger partial charge in [0.1, 0.15) is 0 Å². The molecule has 0 saturated carbocycles. The van der Waals surface area contributed by atoms with Crippen LogP contribution < -0.4 is 5.32 Å². The smallest absolute Gasteiger partial charge is 0.224 e. The van der Waals surface area contributed by atoms with E-state index >= 15 is 0 Å². The predicted molar refractivity (Wildman–Crippen MR) is 70.1 cm³/mol. The topological polar surface area (TPSA) is 62.1 Å². The summed E-state index contributed by atoms with van der Waals surface area (Å²) in [6.07, 6.45) is 2.17. The maximum absolute atomic E-state index is 11.6. The SMILES string of the molecule is CCCOCCCC(=O)Nc1ccc(C#N)cc1. The van der Waals surface area contributed by atoms with Crippen molar-refractivity contribution in [2.45, 2.75) is 26.2 Å². The molecule has 1 aromatic rings. The van der Waals surface area contributed by atoms with Crippen LogP contribution in [0.5, 0.6) is 0 Å². The van der Waals surface area contributed by atoms with E-state index in [1.165, 1.54) is 0 Å². The van der Waals surface area contributed by atoms with E-state index in [1.54, 1.807) is 24.3 Å². The summed E-state index contributed by atoms with van der Waals surface area (Å²) in [6, 6.07) is 8.85. The Morgan fingerprint density at radius 2 is 2.06 bits per heavy atom. The van der Waals surface area contributed by atoms with Gasteiger partial charge in [-0.15, -0.1) is 0 Å². The summed E-state index contributed by atoms with van der Waals surface area (Å²) in [7, 11) is 0. The molecule has 0 saturated heterocycles. The van der Waals surface area contributed by atoms with Gasteiger partial charge >= 0.3 is 0 Å². The number of carbonyl (C=O) groups excluding carboxylic acids is 1. The monoisotopic (exact) mass is 246 g/mol. The molecule has 0 radical (unpaired) electrons. The first-order chi connectivity index (χ1) is 8.76. The Kier molecular flexibility index (Phi) is 6.52. The highest BCUT2D eigenvalue weighted by Gasteiger charge is 2.02. The Morgan fingerprint density at radius 1 is 1.33 bits per heavy atom. The number of nitrogens with zero attached hydrogens (tertiary/aromatic N) is 1. The summed E-state index contributed by atoms with van der Waals surface area (Å²) in [5, 5.41) is 11.4. The number of nitrogens with one attached hydrogen (secondary N) is 1. The standard InChI is InChI=1S/C14H18N2O2/c1-2-9-18-10-3-4-14(17)16-13-7-5-12(11-15)6-8-13/h5-8H,2-4,9-10H2,1H3,(H,16,17). The van der Waals surface area contributed by atoms with Crippen molar-refractivity contribution in [2.24, 2.45) is 0 Å². The number of anilines is 1. The molecule has 1 amide bonds. The summed E-state index contributed by atoms with van der Waals surface area (Å²) >= 11 is 0. The zero-order valence-corrected chi connectivity index (χ0v) is 10.6. The lowest BCUT2D eigenvalue weighted by Gasteiger charge is -2.05. The Morgan fingerprint density at radius 3 is 2.67 bits per heavy atom. The number of rotatable bonds is 7. The fourth-order valence-electron chi connectivity index (χ4n) is 1.43. The second-order valence-electron chi connectivity index (χ2n) is 3.95. The van der Waals surface area contributed by atoms with Gasteiger partial charge in [-0.3, -0.25) is 4.79 Å². The number of amides is 1. The first kappa shape index (κ1) is 14.2. The highest BCUT2D eigenvalue weighted by molar-refractivity contribution is 5.90. The van der Waals surface area contributed by atoms with Gasteiger partial charge in [-0.05, 0) is 37.1 Å². The number of nitriles is 1. The van der Waals surface area contributed by atoms with Crippen LogP contribution in [0.2, 0.25) is 0 Å². The number of hydrogen-bond acceptors (Lipinski definition) is 3. The van der Waals surface area contributed by atoms with Crippen molar-refractivity contribution >= 4 is 11.6 Å². The second-order valence-corrected chi connectivity index (χ2v) is 3.95. The maximum Gasteiger partial charge on any atom is 0.224 e. The van der Waals surface area contributed by atoms with Crippen LogP contribution in [0.1, 0.15) is 31.7 Å². The predicted octanol–water partition coefficient (Wildman–Crippen LogP) is 2.70. The minimum absolute atomic E-state index is 0.0280. The van der Waals surface area contributed by atoms with Gasteiger partial charge in [-0.1, -0.05) is 6.92 Å². The molecule has 0 aliphatic heterocycles. The first-order valence-electron chi connectivity index (χ1n) is 6.14. The molecule has 4 heteroatoms. The van der Waals surface area contributed by atoms with Gasteiger partial charge in [0.2, 0.25) is 5.91 Å². The quantitative estimate of drug-likeness (QED) is 0.752. The van der Waals surface area contributed by atoms with Crippen LogP contribution in [0.15, 0.2) is 24.3 Å². The molecular weight excluding hydrogens is 228 g/mol. The number of benzene rings is 1. The van der Waals surface area contributed by atoms with Crippen LogP contribution in [-0.2, 0) is 9.53 Å². The summed E-state index contributed by atoms with van der Waals surface area (Å²) < 4.78 is 5.30. The average molecular weight is 246 g/mol. The van der Waals surface area contributed by atoms with E-state index in [9.17, 15) is 4.79 Å². The second kappa shape index (κ2) is 8.26. The van der Waals surface area contributed by atoms with E-state index in [0.717, 1.165) is 19.4 Å². The molecule has 0 atom stereocenters. The molecule has 1 rings (SSSR count). The van der Waals surface area contributed by atoms with Crippen molar-refractivity contribution in [1.82, 2.24) is 0 Å². The number of hydrogen-bond donors (Lipinski definition) is 1. The Bertz CT molecular complexity index is 407. The molecule has 96 valence electrons. The van der Waals surface area contributed by atoms with Crippen molar-refractivity contribution in [3.8, 4) is 6.07 Å². The van der Waals surface area contributed by atoms with Crippen molar-refractivity contribution in [2.75, 3.05) is 18.5 Å². The van der Waals surface area contributed by atoms with Crippen molar-refractivity contribution in [3.05, 3.63) is 29.8 Å². The minimum Gasteiger partial charge on any atom is -0.381 e. The third kappa shape index (κ3) is 5.46. The van der Waals surface area contributed by atoms with Crippen LogP contribution in [0.3, 0.4) is 0 Å². The Labute approximate surface area is 108 Å². The van der Waals surface area contributed by atoms with Crippen molar-refractivity contribution in [1.29, 1.82) is 5.26 Å².